The van der Waals surface area contributed by atoms with Gasteiger partial charge in [0.25, 0.3) is 5.69 Å². The molecule has 0 unspecified atom stereocenters. The third-order valence-electron chi connectivity index (χ3n) is 5.27. The van der Waals surface area contributed by atoms with E-state index < -0.39 is 0 Å². The highest BCUT2D eigenvalue weighted by atomic mass is 16.6. The second-order valence-electron chi connectivity index (χ2n) is 7.03. The SMILES string of the molecule is Cc1ccc2c(c1)c1cc([N+](=O)[O-])ccc1n2CCCN1CCCC1. The van der Waals surface area contributed by atoms with Crippen molar-refractivity contribution in [2.75, 3.05) is 19.6 Å². The van der Waals surface area contributed by atoms with Crippen LogP contribution in [-0.4, -0.2) is 34.0 Å². The molecule has 2 aromatic carbocycles. The molecule has 2 heterocycles. The summed E-state index contributed by atoms with van der Waals surface area (Å²) in [6.45, 7) is 6.57. The van der Waals surface area contributed by atoms with Gasteiger partial charge in [-0.2, -0.15) is 0 Å². The largest absolute Gasteiger partial charge is 0.340 e. The molecule has 0 bridgehead atoms. The Balaban J connectivity index is 1.74. The van der Waals surface area contributed by atoms with Crippen molar-refractivity contribution in [2.45, 2.75) is 32.7 Å². The normalized spacial score (nSPS) is 15.4. The molecule has 3 aromatic rings. The van der Waals surface area contributed by atoms with Crippen LogP contribution in [0.3, 0.4) is 0 Å². The zero-order valence-corrected chi connectivity index (χ0v) is 14.6. The van der Waals surface area contributed by atoms with E-state index in [1.54, 1.807) is 12.1 Å². The van der Waals surface area contributed by atoms with E-state index in [0.29, 0.717) is 0 Å². The lowest BCUT2D eigenvalue weighted by Gasteiger charge is -2.15. The second-order valence-corrected chi connectivity index (χ2v) is 7.03. The van der Waals surface area contributed by atoms with Gasteiger partial charge in [-0.05, 0) is 64.0 Å². The molecule has 0 N–H and O–H groups in total. The van der Waals surface area contributed by atoms with Crippen molar-refractivity contribution in [1.29, 1.82) is 0 Å². The second kappa shape index (κ2) is 6.48. The number of aryl methyl sites for hydroxylation is 2. The maximum Gasteiger partial charge on any atom is 0.270 e. The number of hydrogen-bond acceptors (Lipinski definition) is 3. The number of likely N-dealkylation sites (tertiary alicyclic amines) is 1. The smallest absolute Gasteiger partial charge is 0.270 e. The molecular formula is C20H23N3O2. The Kier molecular flexibility index (Phi) is 4.17. The van der Waals surface area contributed by atoms with Crippen molar-refractivity contribution in [3.05, 3.63) is 52.1 Å². The van der Waals surface area contributed by atoms with E-state index in [2.05, 4.69) is 34.6 Å². The van der Waals surface area contributed by atoms with Crippen LogP contribution in [0.4, 0.5) is 5.69 Å². The summed E-state index contributed by atoms with van der Waals surface area (Å²) in [5, 5.41) is 13.3. The number of rotatable bonds is 5. The minimum absolute atomic E-state index is 0.158. The first kappa shape index (κ1) is 16.1. The van der Waals surface area contributed by atoms with Gasteiger partial charge < -0.3 is 9.47 Å². The molecule has 1 aliphatic heterocycles. The van der Waals surface area contributed by atoms with Gasteiger partial charge in [0, 0.05) is 40.5 Å². The predicted octanol–water partition coefficient (Wildman–Crippen LogP) is 4.50. The van der Waals surface area contributed by atoms with Crippen molar-refractivity contribution in [3.63, 3.8) is 0 Å². The molecule has 0 aliphatic carbocycles. The van der Waals surface area contributed by atoms with Crippen molar-refractivity contribution < 1.29 is 4.92 Å². The summed E-state index contributed by atoms with van der Waals surface area (Å²) in [6, 6.07) is 11.6. The van der Waals surface area contributed by atoms with Crippen molar-refractivity contribution in [3.8, 4) is 0 Å². The summed E-state index contributed by atoms with van der Waals surface area (Å²) in [4.78, 5) is 13.4. The van der Waals surface area contributed by atoms with Gasteiger partial charge in [0.05, 0.1) is 4.92 Å². The topological polar surface area (TPSA) is 51.3 Å². The van der Waals surface area contributed by atoms with Crippen LogP contribution in [-0.2, 0) is 6.54 Å². The highest BCUT2D eigenvalue weighted by Crippen LogP contribution is 2.32. The lowest BCUT2D eigenvalue weighted by atomic mass is 10.1. The van der Waals surface area contributed by atoms with E-state index in [9.17, 15) is 10.1 Å². The van der Waals surface area contributed by atoms with Crippen LogP contribution in [0.1, 0.15) is 24.8 Å². The lowest BCUT2D eigenvalue weighted by molar-refractivity contribution is -0.384. The van der Waals surface area contributed by atoms with E-state index in [0.717, 1.165) is 35.8 Å². The number of hydrogen-bond donors (Lipinski definition) is 0. The molecule has 4 rings (SSSR count). The Morgan fingerprint density at radius 1 is 1.00 bits per heavy atom. The van der Waals surface area contributed by atoms with Crippen LogP contribution in [0.25, 0.3) is 21.8 Å². The maximum absolute atomic E-state index is 11.2. The van der Waals surface area contributed by atoms with Crippen LogP contribution < -0.4 is 0 Å². The van der Waals surface area contributed by atoms with Crippen molar-refractivity contribution in [2.24, 2.45) is 0 Å². The molecule has 5 nitrogen and oxygen atoms in total. The highest BCUT2D eigenvalue weighted by Gasteiger charge is 2.16. The molecule has 0 saturated carbocycles. The van der Waals surface area contributed by atoms with Crippen LogP contribution in [0.15, 0.2) is 36.4 Å². The maximum atomic E-state index is 11.2. The van der Waals surface area contributed by atoms with Crippen molar-refractivity contribution >= 4 is 27.5 Å². The van der Waals surface area contributed by atoms with Gasteiger partial charge in [0.2, 0.25) is 0 Å². The quantitative estimate of drug-likeness (QED) is 0.509. The van der Waals surface area contributed by atoms with Gasteiger partial charge in [-0.25, -0.2) is 0 Å². The minimum Gasteiger partial charge on any atom is -0.340 e. The number of non-ortho nitro benzene ring substituents is 1. The van der Waals surface area contributed by atoms with Gasteiger partial charge >= 0.3 is 0 Å². The number of benzene rings is 2. The summed E-state index contributed by atoms with van der Waals surface area (Å²) in [5.74, 6) is 0. The highest BCUT2D eigenvalue weighted by molar-refractivity contribution is 6.09. The third-order valence-corrected chi connectivity index (χ3v) is 5.27. The fourth-order valence-corrected chi connectivity index (χ4v) is 4.02. The fraction of sp³-hybridized carbons (Fsp3) is 0.400. The van der Waals surface area contributed by atoms with Crippen LogP contribution in [0.5, 0.6) is 0 Å². The molecule has 1 fully saturated rings. The molecule has 130 valence electrons. The number of nitro groups is 1. The summed E-state index contributed by atoms with van der Waals surface area (Å²) >= 11 is 0. The Morgan fingerprint density at radius 3 is 2.40 bits per heavy atom. The van der Waals surface area contributed by atoms with Gasteiger partial charge in [-0.1, -0.05) is 11.6 Å². The standard InChI is InChI=1S/C20H23N3O2/c1-15-5-7-19-17(13-15)18-14-16(23(24)25)6-8-20(18)22(19)12-4-11-21-9-2-3-10-21/h5-8,13-14H,2-4,9-12H2,1H3. The minimum atomic E-state index is -0.314. The van der Waals surface area contributed by atoms with Gasteiger partial charge in [0.1, 0.15) is 0 Å². The molecule has 1 saturated heterocycles. The Bertz CT molecular complexity index is 939. The first-order valence-electron chi connectivity index (χ1n) is 9.03. The van der Waals surface area contributed by atoms with Crippen LogP contribution in [0, 0.1) is 17.0 Å². The average molecular weight is 337 g/mol. The average Bonchev–Trinajstić information content (AvgIpc) is 3.21. The summed E-state index contributed by atoms with van der Waals surface area (Å²) in [7, 11) is 0. The number of nitro benzene ring substituents is 1. The summed E-state index contributed by atoms with van der Waals surface area (Å²) < 4.78 is 2.32. The Labute approximate surface area is 147 Å². The number of aromatic nitrogens is 1. The first-order valence-corrected chi connectivity index (χ1v) is 9.03. The molecule has 1 aliphatic rings. The molecule has 5 heteroatoms. The van der Waals surface area contributed by atoms with E-state index in [-0.39, 0.29) is 10.6 Å². The molecule has 0 spiro atoms. The molecule has 0 radical (unpaired) electrons. The van der Waals surface area contributed by atoms with Gasteiger partial charge in [-0.3, -0.25) is 10.1 Å². The third kappa shape index (κ3) is 3.00. The van der Waals surface area contributed by atoms with Crippen LogP contribution >= 0.6 is 0 Å². The van der Waals surface area contributed by atoms with E-state index in [4.69, 9.17) is 0 Å². The summed E-state index contributed by atoms with van der Waals surface area (Å²) in [6.07, 6.45) is 3.74. The molecule has 25 heavy (non-hydrogen) atoms. The molecular weight excluding hydrogens is 314 g/mol. The van der Waals surface area contributed by atoms with Gasteiger partial charge in [-0.15, -0.1) is 0 Å². The molecule has 0 atom stereocenters. The lowest BCUT2D eigenvalue weighted by Crippen LogP contribution is -2.21. The van der Waals surface area contributed by atoms with Crippen molar-refractivity contribution in [1.82, 2.24) is 9.47 Å². The summed E-state index contributed by atoms with van der Waals surface area (Å²) in [5.41, 5.74) is 3.59. The molecule has 0 amide bonds. The number of fused-ring (bicyclic) bond motifs is 3. The first-order chi connectivity index (χ1) is 12.1. The monoisotopic (exact) mass is 337 g/mol. The Hall–Kier alpha value is -2.40. The zero-order valence-electron chi connectivity index (χ0n) is 14.6. The zero-order chi connectivity index (χ0) is 17.4. The fourth-order valence-electron chi connectivity index (χ4n) is 4.02. The van der Waals surface area contributed by atoms with E-state index in [1.807, 2.05) is 6.07 Å². The van der Waals surface area contributed by atoms with Crippen LogP contribution in [0.2, 0.25) is 0 Å². The Morgan fingerprint density at radius 2 is 1.68 bits per heavy atom. The molecule has 1 aromatic heterocycles. The van der Waals surface area contributed by atoms with E-state index >= 15 is 0 Å². The van der Waals surface area contributed by atoms with Gasteiger partial charge in [0.15, 0.2) is 0 Å². The van der Waals surface area contributed by atoms with E-state index in [1.165, 1.54) is 37.0 Å². The number of nitrogens with zero attached hydrogens (tertiary/aromatic N) is 3. The predicted molar refractivity (Wildman–Crippen MR) is 101 cm³/mol.